The quantitative estimate of drug-likeness (QED) is 0.468. The molecule has 6 nitrogen and oxygen atoms in total. The van der Waals surface area contributed by atoms with Crippen molar-refractivity contribution in [3.63, 3.8) is 0 Å². The highest BCUT2D eigenvalue weighted by Gasteiger charge is 2.27. The van der Waals surface area contributed by atoms with Gasteiger partial charge in [-0.2, -0.15) is 0 Å². The fourth-order valence-electron chi connectivity index (χ4n) is 3.85. The number of ether oxygens (including phenoxy) is 1. The molecule has 7 heteroatoms. The monoisotopic (exact) mass is 417 g/mol. The van der Waals surface area contributed by atoms with E-state index in [1.807, 2.05) is 36.4 Å². The maximum Gasteiger partial charge on any atom is 0.341 e. The van der Waals surface area contributed by atoms with Crippen LogP contribution in [0.25, 0.3) is 32.0 Å². The molecule has 150 valence electrons. The van der Waals surface area contributed by atoms with Crippen molar-refractivity contribution in [1.82, 2.24) is 15.2 Å². The second kappa shape index (κ2) is 7.50. The van der Waals surface area contributed by atoms with E-state index in [2.05, 4.69) is 21.2 Å². The minimum Gasteiger partial charge on any atom is -0.480 e. The van der Waals surface area contributed by atoms with Gasteiger partial charge < -0.3 is 9.84 Å². The van der Waals surface area contributed by atoms with Gasteiger partial charge >= 0.3 is 5.97 Å². The number of aromatic carboxylic acids is 1. The third-order valence-electron chi connectivity index (χ3n) is 5.61. The van der Waals surface area contributed by atoms with Crippen LogP contribution in [0.1, 0.15) is 41.1 Å². The van der Waals surface area contributed by atoms with Crippen molar-refractivity contribution < 1.29 is 14.6 Å². The molecule has 2 aromatic heterocycles. The van der Waals surface area contributed by atoms with Gasteiger partial charge in [0.1, 0.15) is 10.6 Å². The molecule has 0 atom stereocenters. The van der Waals surface area contributed by atoms with Crippen molar-refractivity contribution in [2.75, 3.05) is 7.11 Å². The summed E-state index contributed by atoms with van der Waals surface area (Å²) in [6.45, 7) is 0. The fourth-order valence-corrected chi connectivity index (χ4v) is 4.77. The summed E-state index contributed by atoms with van der Waals surface area (Å²) in [4.78, 5) is 16.2. The Balaban J connectivity index is 1.74. The summed E-state index contributed by atoms with van der Waals surface area (Å²) >= 11 is 1.52. The van der Waals surface area contributed by atoms with Crippen molar-refractivity contribution in [3.05, 3.63) is 59.7 Å². The van der Waals surface area contributed by atoms with Crippen molar-refractivity contribution in [3.8, 4) is 27.0 Å². The molecule has 0 aliphatic heterocycles. The van der Waals surface area contributed by atoms with Crippen LogP contribution in [0.3, 0.4) is 0 Å². The number of pyridine rings is 1. The van der Waals surface area contributed by atoms with Gasteiger partial charge in [0.05, 0.1) is 12.6 Å². The van der Waals surface area contributed by atoms with Crippen molar-refractivity contribution in [2.24, 2.45) is 0 Å². The smallest absolute Gasteiger partial charge is 0.341 e. The number of methoxy groups -OCH3 is 1. The van der Waals surface area contributed by atoms with E-state index in [1.165, 1.54) is 30.4 Å². The van der Waals surface area contributed by atoms with Crippen LogP contribution in [-0.4, -0.2) is 33.4 Å². The third-order valence-corrected chi connectivity index (χ3v) is 6.60. The largest absolute Gasteiger partial charge is 0.480 e. The topological polar surface area (TPSA) is 85.2 Å². The summed E-state index contributed by atoms with van der Waals surface area (Å²) in [6.07, 6.45) is 3.47. The molecule has 1 saturated carbocycles. The first-order chi connectivity index (χ1) is 14.7. The summed E-state index contributed by atoms with van der Waals surface area (Å²) in [5, 5.41) is 20.8. The number of carbonyl (C=O) groups is 1. The van der Waals surface area contributed by atoms with Gasteiger partial charge in [0.25, 0.3) is 0 Å². The highest BCUT2D eigenvalue weighted by Crippen LogP contribution is 2.45. The van der Waals surface area contributed by atoms with Gasteiger partial charge in [-0.3, -0.25) is 0 Å². The Hall–Kier alpha value is -3.32. The highest BCUT2D eigenvalue weighted by atomic mass is 32.1. The first-order valence-corrected chi connectivity index (χ1v) is 10.6. The first-order valence-electron chi connectivity index (χ1n) is 9.80. The Morgan fingerprint density at radius 3 is 2.53 bits per heavy atom. The zero-order valence-electron chi connectivity index (χ0n) is 16.3. The normalized spacial score (nSPS) is 13.9. The minimum atomic E-state index is -1.06. The lowest BCUT2D eigenvalue weighted by Gasteiger charge is -2.28. The molecule has 30 heavy (non-hydrogen) atoms. The van der Waals surface area contributed by atoms with E-state index in [9.17, 15) is 9.90 Å². The number of fused-ring (bicyclic) bond motifs is 1. The van der Waals surface area contributed by atoms with E-state index in [4.69, 9.17) is 4.74 Å². The predicted octanol–water partition coefficient (Wildman–Crippen LogP) is 5.39. The number of carboxylic acid groups (broad SMARTS) is 1. The van der Waals surface area contributed by atoms with Crippen LogP contribution < -0.4 is 4.74 Å². The maximum atomic E-state index is 11.6. The molecule has 0 amide bonds. The first kappa shape index (κ1) is 18.7. The van der Waals surface area contributed by atoms with E-state index in [1.54, 1.807) is 6.07 Å². The van der Waals surface area contributed by atoms with Gasteiger partial charge in [-0.1, -0.05) is 60.2 Å². The Kier molecular flexibility index (Phi) is 4.67. The molecule has 0 saturated heterocycles. The number of hydrogen-bond donors (Lipinski definition) is 1. The Bertz CT molecular complexity index is 1250. The third kappa shape index (κ3) is 3.11. The van der Waals surface area contributed by atoms with Gasteiger partial charge in [0, 0.05) is 16.5 Å². The Labute approximate surface area is 177 Å². The summed E-state index contributed by atoms with van der Waals surface area (Å²) in [5.41, 5.74) is 3.91. The summed E-state index contributed by atoms with van der Waals surface area (Å²) in [7, 11) is 1.44. The number of hydrogen-bond acceptors (Lipinski definition) is 6. The Morgan fingerprint density at radius 2 is 1.87 bits per heavy atom. The standard InChI is InChI=1S/C23H19N3O3S/c1-29-20-17(23(27)28)12-15-10-11-16(13-8-5-9-13)18(19(15)24-20)22-26-25-21(30-22)14-6-3-2-4-7-14/h2-4,6-7,10-13H,5,8-9H2,1H3,(H,27,28). The lowest BCUT2D eigenvalue weighted by atomic mass is 9.77. The molecule has 0 bridgehead atoms. The van der Waals surface area contributed by atoms with Crippen molar-refractivity contribution >= 4 is 28.2 Å². The molecule has 2 aromatic carbocycles. The number of benzene rings is 2. The van der Waals surface area contributed by atoms with Crippen LogP contribution >= 0.6 is 11.3 Å². The zero-order chi connectivity index (χ0) is 20.7. The molecular formula is C23H19N3O3S. The molecule has 0 radical (unpaired) electrons. The van der Waals surface area contributed by atoms with Crippen molar-refractivity contribution in [2.45, 2.75) is 25.2 Å². The predicted molar refractivity (Wildman–Crippen MR) is 116 cm³/mol. The molecule has 1 aliphatic rings. The number of rotatable bonds is 5. The zero-order valence-corrected chi connectivity index (χ0v) is 17.1. The molecule has 2 heterocycles. The van der Waals surface area contributed by atoms with Crippen LogP contribution in [0.15, 0.2) is 48.5 Å². The molecule has 1 fully saturated rings. The van der Waals surface area contributed by atoms with E-state index < -0.39 is 5.97 Å². The van der Waals surface area contributed by atoms with Crippen LogP contribution in [0, 0.1) is 0 Å². The second-order valence-electron chi connectivity index (χ2n) is 7.36. The van der Waals surface area contributed by atoms with E-state index >= 15 is 0 Å². The van der Waals surface area contributed by atoms with E-state index in [0.717, 1.165) is 39.4 Å². The number of aromatic nitrogens is 3. The van der Waals surface area contributed by atoms with Crippen LogP contribution in [0.2, 0.25) is 0 Å². The van der Waals surface area contributed by atoms with Gasteiger partial charge in [-0.05, 0) is 30.4 Å². The molecular weight excluding hydrogens is 398 g/mol. The number of carboxylic acids is 1. The SMILES string of the molecule is COc1nc2c(-c3nnc(-c4ccccc4)s3)c(C3CCC3)ccc2cc1C(=O)O. The van der Waals surface area contributed by atoms with Gasteiger partial charge in [-0.15, -0.1) is 10.2 Å². The lowest BCUT2D eigenvalue weighted by Crippen LogP contribution is -2.11. The summed E-state index contributed by atoms with van der Waals surface area (Å²) in [5.74, 6) is -0.497. The van der Waals surface area contributed by atoms with Crippen LogP contribution in [-0.2, 0) is 0 Å². The van der Waals surface area contributed by atoms with Crippen molar-refractivity contribution in [1.29, 1.82) is 0 Å². The van der Waals surface area contributed by atoms with Gasteiger partial charge in [-0.25, -0.2) is 9.78 Å². The summed E-state index contributed by atoms with van der Waals surface area (Å²) in [6, 6.07) is 15.6. The lowest BCUT2D eigenvalue weighted by molar-refractivity contribution is 0.0692. The molecule has 5 rings (SSSR count). The molecule has 0 spiro atoms. The molecule has 0 unspecified atom stereocenters. The minimum absolute atomic E-state index is 0.0505. The average molecular weight is 417 g/mol. The van der Waals surface area contributed by atoms with Crippen LogP contribution in [0.4, 0.5) is 0 Å². The van der Waals surface area contributed by atoms with E-state index in [-0.39, 0.29) is 11.4 Å². The van der Waals surface area contributed by atoms with Gasteiger partial charge in [0.15, 0.2) is 5.01 Å². The molecule has 4 aromatic rings. The Morgan fingerprint density at radius 1 is 1.10 bits per heavy atom. The van der Waals surface area contributed by atoms with E-state index in [0.29, 0.717) is 11.4 Å². The second-order valence-corrected chi connectivity index (χ2v) is 8.34. The maximum absolute atomic E-state index is 11.6. The van der Waals surface area contributed by atoms with Gasteiger partial charge in [0.2, 0.25) is 5.88 Å². The average Bonchev–Trinajstić information content (AvgIpc) is 3.21. The molecule has 1 aliphatic carbocycles. The fraction of sp³-hybridized carbons (Fsp3) is 0.217. The summed E-state index contributed by atoms with van der Waals surface area (Å²) < 4.78 is 5.30. The van der Waals surface area contributed by atoms with Crippen LogP contribution in [0.5, 0.6) is 5.88 Å². The number of nitrogens with zero attached hydrogens (tertiary/aromatic N) is 3. The molecule has 1 N–H and O–H groups in total. The highest BCUT2D eigenvalue weighted by molar-refractivity contribution is 7.18.